The third kappa shape index (κ3) is 4.30. The van der Waals surface area contributed by atoms with Crippen molar-refractivity contribution in [2.45, 2.75) is 6.54 Å². The van der Waals surface area contributed by atoms with Crippen LogP contribution in [-0.4, -0.2) is 19.8 Å². The zero-order valence-corrected chi connectivity index (χ0v) is 17.3. The van der Waals surface area contributed by atoms with Crippen LogP contribution < -0.4 is 24.8 Å². The molecule has 0 aliphatic carbocycles. The fraction of sp³-hybridized carbons (Fsp3) is 0.136. The molecule has 1 heterocycles. The third-order valence-corrected chi connectivity index (χ3v) is 5.27. The number of benzene rings is 3. The molecule has 1 amide bonds. The number of para-hydroxylation sites is 2. The standard InChI is InChI=1S/C22H19BrN2O4/c1-27-19-5-3-2-4-18(19)25-22(26)14-6-8-16(9-7-14)24-12-15-10-20-21(11-17(15)23)29-13-28-20/h2-11,24H,12-13H2,1H3,(H,25,26). The second-order valence-electron chi connectivity index (χ2n) is 6.38. The molecular weight excluding hydrogens is 436 g/mol. The van der Waals surface area contributed by atoms with E-state index in [2.05, 4.69) is 26.6 Å². The van der Waals surface area contributed by atoms with Crippen LogP contribution in [0.25, 0.3) is 0 Å². The Balaban J connectivity index is 1.40. The summed E-state index contributed by atoms with van der Waals surface area (Å²) in [4.78, 5) is 12.5. The van der Waals surface area contributed by atoms with E-state index < -0.39 is 0 Å². The van der Waals surface area contributed by atoms with Crippen LogP contribution in [0.3, 0.4) is 0 Å². The van der Waals surface area contributed by atoms with Gasteiger partial charge in [-0.3, -0.25) is 4.79 Å². The number of nitrogens with one attached hydrogen (secondary N) is 2. The fourth-order valence-corrected chi connectivity index (χ4v) is 3.44. The van der Waals surface area contributed by atoms with Crippen LogP contribution in [-0.2, 0) is 6.54 Å². The molecule has 6 nitrogen and oxygen atoms in total. The van der Waals surface area contributed by atoms with Crippen molar-refractivity contribution in [3.8, 4) is 17.2 Å². The highest BCUT2D eigenvalue weighted by atomic mass is 79.9. The number of carbonyl (C=O) groups is 1. The second-order valence-corrected chi connectivity index (χ2v) is 7.24. The van der Waals surface area contributed by atoms with Gasteiger partial charge in [0.15, 0.2) is 11.5 Å². The van der Waals surface area contributed by atoms with Crippen molar-refractivity contribution in [2.24, 2.45) is 0 Å². The van der Waals surface area contributed by atoms with E-state index in [-0.39, 0.29) is 12.7 Å². The van der Waals surface area contributed by atoms with E-state index in [0.717, 1.165) is 27.2 Å². The molecule has 0 aromatic heterocycles. The molecule has 4 rings (SSSR count). The van der Waals surface area contributed by atoms with Crippen LogP contribution in [0, 0.1) is 0 Å². The van der Waals surface area contributed by atoms with Crippen molar-refractivity contribution in [3.05, 3.63) is 76.3 Å². The minimum atomic E-state index is -0.195. The quantitative estimate of drug-likeness (QED) is 0.545. The Morgan fingerprint density at radius 3 is 2.55 bits per heavy atom. The number of fused-ring (bicyclic) bond motifs is 1. The van der Waals surface area contributed by atoms with Gasteiger partial charge in [-0.05, 0) is 54.1 Å². The van der Waals surface area contributed by atoms with Crippen LogP contribution in [0.4, 0.5) is 11.4 Å². The lowest BCUT2D eigenvalue weighted by Crippen LogP contribution is -2.12. The largest absolute Gasteiger partial charge is 0.495 e. The van der Waals surface area contributed by atoms with Gasteiger partial charge >= 0.3 is 0 Å². The van der Waals surface area contributed by atoms with Gasteiger partial charge in [-0.1, -0.05) is 28.1 Å². The van der Waals surface area contributed by atoms with Crippen molar-refractivity contribution in [1.82, 2.24) is 0 Å². The number of methoxy groups -OCH3 is 1. The van der Waals surface area contributed by atoms with E-state index in [1.165, 1.54) is 0 Å². The lowest BCUT2D eigenvalue weighted by molar-refractivity contribution is 0.102. The summed E-state index contributed by atoms with van der Waals surface area (Å²) in [5.74, 6) is 1.91. The van der Waals surface area contributed by atoms with E-state index >= 15 is 0 Å². The minimum absolute atomic E-state index is 0.195. The number of hydrogen-bond donors (Lipinski definition) is 2. The molecule has 1 aliphatic rings. The summed E-state index contributed by atoms with van der Waals surface area (Å²) in [6.45, 7) is 0.848. The SMILES string of the molecule is COc1ccccc1NC(=O)c1ccc(NCc2cc3c(cc2Br)OCO3)cc1. The number of anilines is 2. The maximum absolute atomic E-state index is 12.5. The Hall–Kier alpha value is -3.19. The van der Waals surface area contributed by atoms with Gasteiger partial charge in [0.1, 0.15) is 5.75 Å². The summed E-state index contributed by atoms with van der Waals surface area (Å²) < 4.78 is 17.0. The molecule has 1 aliphatic heterocycles. The van der Waals surface area contributed by atoms with Gasteiger partial charge in [0.25, 0.3) is 5.91 Å². The van der Waals surface area contributed by atoms with E-state index in [0.29, 0.717) is 23.5 Å². The van der Waals surface area contributed by atoms with Crippen LogP contribution in [0.5, 0.6) is 17.2 Å². The number of amides is 1. The highest BCUT2D eigenvalue weighted by molar-refractivity contribution is 9.10. The summed E-state index contributed by atoms with van der Waals surface area (Å²) in [6.07, 6.45) is 0. The zero-order valence-electron chi connectivity index (χ0n) is 15.7. The Morgan fingerprint density at radius 2 is 1.79 bits per heavy atom. The smallest absolute Gasteiger partial charge is 0.255 e. The molecule has 0 saturated carbocycles. The van der Waals surface area contributed by atoms with E-state index in [1.807, 2.05) is 36.4 Å². The molecule has 0 fully saturated rings. The first-order valence-corrected chi connectivity index (χ1v) is 9.79. The van der Waals surface area contributed by atoms with Gasteiger partial charge in [-0.2, -0.15) is 0 Å². The molecule has 0 atom stereocenters. The summed E-state index contributed by atoms with van der Waals surface area (Å²) in [7, 11) is 1.57. The highest BCUT2D eigenvalue weighted by Gasteiger charge is 2.16. The van der Waals surface area contributed by atoms with Gasteiger partial charge in [-0.15, -0.1) is 0 Å². The molecule has 0 unspecified atom stereocenters. The first-order chi connectivity index (χ1) is 14.1. The van der Waals surface area contributed by atoms with Crippen molar-refractivity contribution < 1.29 is 19.0 Å². The monoisotopic (exact) mass is 454 g/mol. The normalized spacial score (nSPS) is 11.8. The summed E-state index contributed by atoms with van der Waals surface area (Å²) in [6, 6.07) is 18.5. The number of ether oxygens (including phenoxy) is 3. The maximum atomic E-state index is 12.5. The number of rotatable bonds is 6. The Bertz CT molecular complexity index is 1040. The Labute approximate surface area is 176 Å². The average molecular weight is 455 g/mol. The van der Waals surface area contributed by atoms with Gasteiger partial charge in [0, 0.05) is 22.3 Å². The topological polar surface area (TPSA) is 68.8 Å². The van der Waals surface area contributed by atoms with Crippen molar-refractivity contribution in [3.63, 3.8) is 0 Å². The van der Waals surface area contributed by atoms with Crippen LogP contribution >= 0.6 is 15.9 Å². The molecule has 3 aromatic rings. The third-order valence-electron chi connectivity index (χ3n) is 4.53. The predicted octanol–water partition coefficient (Wildman–Crippen LogP) is 5.05. The number of halogens is 1. The summed E-state index contributed by atoms with van der Waals surface area (Å²) in [5.41, 5.74) is 3.15. The van der Waals surface area contributed by atoms with Gasteiger partial charge in [0.2, 0.25) is 6.79 Å². The molecule has 29 heavy (non-hydrogen) atoms. The second kappa shape index (κ2) is 8.45. The van der Waals surface area contributed by atoms with E-state index in [4.69, 9.17) is 14.2 Å². The van der Waals surface area contributed by atoms with Crippen LogP contribution in [0.15, 0.2) is 65.1 Å². The maximum Gasteiger partial charge on any atom is 0.255 e. The molecule has 0 saturated heterocycles. The molecule has 148 valence electrons. The first kappa shape index (κ1) is 19.1. The highest BCUT2D eigenvalue weighted by Crippen LogP contribution is 2.37. The molecule has 0 radical (unpaired) electrons. The van der Waals surface area contributed by atoms with Gasteiger partial charge in [-0.25, -0.2) is 0 Å². The fourth-order valence-electron chi connectivity index (χ4n) is 2.97. The van der Waals surface area contributed by atoms with Crippen LogP contribution in [0.1, 0.15) is 15.9 Å². The predicted molar refractivity (Wildman–Crippen MR) is 115 cm³/mol. The zero-order chi connectivity index (χ0) is 20.2. The molecular formula is C22H19BrN2O4. The lowest BCUT2D eigenvalue weighted by atomic mass is 10.1. The van der Waals surface area contributed by atoms with E-state index in [1.54, 1.807) is 31.4 Å². The molecule has 3 aromatic carbocycles. The average Bonchev–Trinajstić information content (AvgIpc) is 3.20. The summed E-state index contributed by atoms with van der Waals surface area (Å²) >= 11 is 3.56. The van der Waals surface area contributed by atoms with Gasteiger partial charge < -0.3 is 24.8 Å². The molecule has 0 bridgehead atoms. The van der Waals surface area contributed by atoms with Crippen molar-refractivity contribution in [1.29, 1.82) is 0 Å². The van der Waals surface area contributed by atoms with Crippen molar-refractivity contribution >= 4 is 33.2 Å². The van der Waals surface area contributed by atoms with Crippen LogP contribution in [0.2, 0.25) is 0 Å². The molecule has 0 spiro atoms. The Morgan fingerprint density at radius 1 is 1.07 bits per heavy atom. The summed E-state index contributed by atoms with van der Waals surface area (Å²) in [5, 5.41) is 6.22. The van der Waals surface area contributed by atoms with Gasteiger partial charge in [0.05, 0.1) is 12.8 Å². The first-order valence-electron chi connectivity index (χ1n) is 9.00. The molecule has 2 N–H and O–H groups in total. The number of hydrogen-bond acceptors (Lipinski definition) is 5. The van der Waals surface area contributed by atoms with Crippen molar-refractivity contribution in [2.75, 3.05) is 24.5 Å². The minimum Gasteiger partial charge on any atom is -0.495 e. The molecule has 7 heteroatoms. The lowest BCUT2D eigenvalue weighted by Gasteiger charge is -2.11. The Kier molecular flexibility index (Phi) is 5.57. The van der Waals surface area contributed by atoms with E-state index in [9.17, 15) is 4.79 Å². The number of carbonyl (C=O) groups excluding carboxylic acids is 1.